The van der Waals surface area contributed by atoms with Crippen molar-refractivity contribution in [3.05, 3.63) is 76.9 Å². The number of methoxy groups -OCH3 is 1. The minimum absolute atomic E-state index is 0.0591. The van der Waals surface area contributed by atoms with Crippen molar-refractivity contribution in [1.82, 2.24) is 15.2 Å². The predicted molar refractivity (Wildman–Crippen MR) is 111 cm³/mol. The normalized spacial score (nSPS) is 18.6. The van der Waals surface area contributed by atoms with Crippen LogP contribution >= 0.6 is 0 Å². The first kappa shape index (κ1) is 18.2. The van der Waals surface area contributed by atoms with Crippen molar-refractivity contribution in [2.45, 2.75) is 32.4 Å². The van der Waals surface area contributed by atoms with Gasteiger partial charge < -0.3 is 19.9 Å². The van der Waals surface area contributed by atoms with Gasteiger partial charge in [-0.1, -0.05) is 18.2 Å². The van der Waals surface area contributed by atoms with Gasteiger partial charge in [0.2, 0.25) is 0 Å². The second kappa shape index (κ2) is 7.45. The summed E-state index contributed by atoms with van der Waals surface area (Å²) in [6.45, 7) is 4.61. The van der Waals surface area contributed by atoms with E-state index in [-0.39, 0.29) is 18.1 Å². The molecule has 0 radical (unpaired) electrons. The minimum atomic E-state index is -0.230. The van der Waals surface area contributed by atoms with Gasteiger partial charge in [-0.2, -0.15) is 0 Å². The third-order valence-corrected chi connectivity index (χ3v) is 5.16. The average molecular weight is 375 g/mol. The van der Waals surface area contributed by atoms with Crippen molar-refractivity contribution in [3.8, 4) is 0 Å². The molecule has 0 saturated carbocycles. The molecule has 1 aliphatic heterocycles. The van der Waals surface area contributed by atoms with E-state index in [9.17, 15) is 4.79 Å². The fourth-order valence-electron chi connectivity index (χ4n) is 3.91. The topological polar surface area (TPSA) is 57.4 Å². The molecule has 1 aromatic carbocycles. The Morgan fingerprint density at radius 3 is 2.93 bits per heavy atom. The molecule has 2 N–H and O–H groups in total. The lowest BCUT2D eigenvalue weighted by Crippen LogP contribution is -2.48. The second-order valence-corrected chi connectivity index (χ2v) is 7.39. The number of ether oxygens (including phenoxy) is 1. The van der Waals surface area contributed by atoms with Crippen molar-refractivity contribution >= 4 is 16.9 Å². The van der Waals surface area contributed by atoms with Crippen LogP contribution in [0.2, 0.25) is 0 Å². The number of rotatable bonds is 3. The first-order valence-corrected chi connectivity index (χ1v) is 9.64. The predicted octanol–water partition coefficient (Wildman–Crippen LogP) is 4.37. The summed E-state index contributed by atoms with van der Waals surface area (Å²) in [4.78, 5) is 18.4. The third-order valence-electron chi connectivity index (χ3n) is 5.16. The molecule has 5 heteroatoms. The quantitative estimate of drug-likeness (QED) is 0.783. The van der Waals surface area contributed by atoms with Gasteiger partial charge in [0.15, 0.2) is 0 Å². The van der Waals surface area contributed by atoms with Crippen molar-refractivity contribution < 1.29 is 9.53 Å². The number of fused-ring (bicyclic) bond motifs is 3. The number of para-hydroxylation sites is 1. The molecule has 4 rings (SSSR count). The molecular formula is C23H25N3O2. The van der Waals surface area contributed by atoms with E-state index in [0.29, 0.717) is 6.54 Å². The van der Waals surface area contributed by atoms with Crippen LogP contribution < -0.4 is 5.32 Å². The average Bonchev–Trinajstić information content (AvgIpc) is 2.89. The first-order valence-electron chi connectivity index (χ1n) is 9.64. The van der Waals surface area contributed by atoms with Gasteiger partial charge in [-0.05, 0) is 56.2 Å². The lowest BCUT2D eigenvalue weighted by atomic mass is 9.92. The number of carbonyl (C=O) groups excluding carboxylic acids is 1. The highest BCUT2D eigenvalue weighted by molar-refractivity contribution is 5.86. The molecule has 2 amide bonds. The van der Waals surface area contributed by atoms with Gasteiger partial charge in [-0.25, -0.2) is 4.79 Å². The number of allylic oxidation sites excluding steroid dienone is 2. The minimum Gasteiger partial charge on any atom is -0.497 e. The molecular weight excluding hydrogens is 350 g/mol. The van der Waals surface area contributed by atoms with Gasteiger partial charge in [-0.15, -0.1) is 5.73 Å². The van der Waals surface area contributed by atoms with E-state index in [1.165, 1.54) is 10.9 Å². The summed E-state index contributed by atoms with van der Waals surface area (Å²) in [6, 6.07) is 8.10. The summed E-state index contributed by atoms with van der Waals surface area (Å²) in [5.41, 5.74) is 7.71. The molecule has 0 saturated heterocycles. The zero-order valence-electron chi connectivity index (χ0n) is 16.5. The number of aromatic nitrogens is 1. The molecule has 0 bridgehead atoms. The Balaban J connectivity index is 1.82. The van der Waals surface area contributed by atoms with Crippen LogP contribution in [0.1, 0.15) is 31.1 Å². The SMILES string of the molecule is COC1=CC=C=C(C2c3[nH]c4ccccc4c3CCN2C(=O)NC(C)C)C=C1. The highest BCUT2D eigenvalue weighted by Crippen LogP contribution is 2.39. The van der Waals surface area contributed by atoms with Gasteiger partial charge in [-0.3, -0.25) is 0 Å². The van der Waals surface area contributed by atoms with Crippen molar-refractivity contribution in [2.75, 3.05) is 13.7 Å². The maximum Gasteiger partial charge on any atom is 0.318 e. The third kappa shape index (κ3) is 3.25. The molecule has 28 heavy (non-hydrogen) atoms. The van der Waals surface area contributed by atoms with Gasteiger partial charge in [0.1, 0.15) is 11.8 Å². The van der Waals surface area contributed by atoms with E-state index < -0.39 is 0 Å². The summed E-state index contributed by atoms with van der Waals surface area (Å²) in [5, 5.41) is 4.27. The number of urea groups is 1. The lowest BCUT2D eigenvalue weighted by Gasteiger charge is -2.36. The molecule has 1 unspecified atom stereocenters. The zero-order chi connectivity index (χ0) is 19.7. The fraction of sp³-hybridized carbons (Fsp3) is 0.304. The molecule has 144 valence electrons. The molecule has 0 spiro atoms. The Labute approximate surface area is 165 Å². The number of nitrogens with one attached hydrogen (secondary N) is 2. The Bertz CT molecular complexity index is 1040. The zero-order valence-corrected chi connectivity index (χ0v) is 16.5. The van der Waals surface area contributed by atoms with Crippen LogP contribution in [0.5, 0.6) is 0 Å². The van der Waals surface area contributed by atoms with E-state index in [2.05, 4.69) is 34.2 Å². The van der Waals surface area contributed by atoms with E-state index in [1.807, 2.05) is 49.1 Å². The maximum absolute atomic E-state index is 13.0. The monoisotopic (exact) mass is 375 g/mol. The number of hydrogen-bond acceptors (Lipinski definition) is 2. The van der Waals surface area contributed by atoms with Crippen molar-refractivity contribution in [3.63, 3.8) is 0 Å². The first-order chi connectivity index (χ1) is 13.6. The van der Waals surface area contributed by atoms with Crippen LogP contribution in [0.4, 0.5) is 4.79 Å². The summed E-state index contributed by atoms with van der Waals surface area (Å²) in [7, 11) is 1.65. The van der Waals surface area contributed by atoms with E-state index in [4.69, 9.17) is 4.74 Å². The van der Waals surface area contributed by atoms with Gasteiger partial charge in [0, 0.05) is 34.8 Å². The molecule has 1 aliphatic carbocycles. The van der Waals surface area contributed by atoms with E-state index in [0.717, 1.165) is 29.0 Å². The smallest absolute Gasteiger partial charge is 0.318 e. The number of amides is 2. The Kier molecular flexibility index (Phi) is 4.84. The molecule has 1 aromatic heterocycles. The van der Waals surface area contributed by atoms with Crippen LogP contribution in [0, 0.1) is 0 Å². The number of carbonyl (C=O) groups is 1. The van der Waals surface area contributed by atoms with Crippen LogP contribution in [0.25, 0.3) is 10.9 Å². The highest BCUT2D eigenvalue weighted by atomic mass is 16.5. The molecule has 5 nitrogen and oxygen atoms in total. The molecule has 0 fully saturated rings. The summed E-state index contributed by atoms with van der Waals surface area (Å²) >= 11 is 0. The standard InChI is InChI=1S/C23H25N3O2/c1-15(2)24-23(27)26-14-13-19-18-9-4-5-10-20(18)25-21(19)22(26)16-7-6-8-17(28-3)12-11-16/h4-6,8-12,15,22,25H,13-14H2,1-3H3,(H,24,27). The van der Waals surface area contributed by atoms with Gasteiger partial charge >= 0.3 is 6.03 Å². The molecule has 2 heterocycles. The van der Waals surface area contributed by atoms with Crippen molar-refractivity contribution in [2.24, 2.45) is 0 Å². The van der Waals surface area contributed by atoms with Crippen molar-refractivity contribution in [1.29, 1.82) is 0 Å². The van der Waals surface area contributed by atoms with Gasteiger partial charge in [0.25, 0.3) is 0 Å². The summed E-state index contributed by atoms with van der Waals surface area (Å²) in [6.07, 6.45) is 8.45. The number of hydrogen-bond donors (Lipinski definition) is 2. The van der Waals surface area contributed by atoms with E-state index in [1.54, 1.807) is 7.11 Å². The number of benzene rings is 1. The molecule has 2 aliphatic rings. The van der Waals surface area contributed by atoms with Crippen LogP contribution in [-0.4, -0.2) is 35.6 Å². The Hall–Kier alpha value is -3.17. The summed E-state index contributed by atoms with van der Waals surface area (Å²) in [5.74, 6) is 0.758. The number of aromatic amines is 1. The summed E-state index contributed by atoms with van der Waals surface area (Å²) < 4.78 is 5.34. The van der Waals surface area contributed by atoms with Crippen LogP contribution in [0.3, 0.4) is 0 Å². The van der Waals surface area contributed by atoms with E-state index >= 15 is 0 Å². The molecule has 2 aromatic rings. The molecule has 1 atom stereocenters. The Morgan fingerprint density at radius 1 is 1.32 bits per heavy atom. The lowest BCUT2D eigenvalue weighted by molar-refractivity contribution is 0.176. The largest absolute Gasteiger partial charge is 0.497 e. The Morgan fingerprint density at radius 2 is 2.14 bits per heavy atom. The second-order valence-electron chi connectivity index (χ2n) is 7.39. The number of nitrogens with zero attached hydrogens (tertiary/aromatic N) is 1. The number of H-pyrrole nitrogens is 1. The highest BCUT2D eigenvalue weighted by Gasteiger charge is 2.35. The maximum atomic E-state index is 13.0. The van der Waals surface area contributed by atoms with Gasteiger partial charge in [0.05, 0.1) is 7.11 Å². The van der Waals surface area contributed by atoms with Crippen LogP contribution in [0.15, 0.2) is 65.6 Å². The fourth-order valence-corrected chi connectivity index (χ4v) is 3.91. The van der Waals surface area contributed by atoms with Crippen LogP contribution in [-0.2, 0) is 11.2 Å².